The van der Waals surface area contributed by atoms with E-state index in [0.717, 1.165) is 5.56 Å². The maximum absolute atomic E-state index is 12.7. The Bertz CT molecular complexity index is 854. The lowest BCUT2D eigenvalue weighted by molar-refractivity contribution is -0.123. The van der Waals surface area contributed by atoms with Gasteiger partial charge < -0.3 is 15.4 Å². The molecule has 1 atom stereocenters. The summed E-state index contributed by atoms with van der Waals surface area (Å²) in [4.78, 5) is 25.3. The van der Waals surface area contributed by atoms with E-state index in [1.807, 2.05) is 26.0 Å². The number of morpholine rings is 1. The predicted octanol–water partition coefficient (Wildman–Crippen LogP) is 1.52. The Morgan fingerprint density at radius 3 is 2.19 bits per heavy atom. The van der Waals surface area contributed by atoms with Gasteiger partial charge in [0.05, 0.1) is 19.0 Å². The minimum Gasteiger partial charge on any atom is -0.379 e. The van der Waals surface area contributed by atoms with Crippen LogP contribution in [-0.2, 0) is 25.0 Å². The lowest BCUT2D eigenvalue weighted by Gasteiger charge is -2.26. The molecular weight excluding hydrogens is 418 g/mol. The number of nitrogens with zero attached hydrogens (tertiary/aromatic N) is 1. The van der Waals surface area contributed by atoms with Gasteiger partial charge in [0.15, 0.2) is 0 Å². The first kappa shape index (κ1) is 25.3. The lowest BCUT2D eigenvalue weighted by atomic mass is 9.86. The maximum Gasteiger partial charge on any atom is 0.251 e. The first-order chi connectivity index (χ1) is 14.4. The average Bonchev–Trinajstić information content (AvgIpc) is 2.71. The number of ether oxygens (including phenoxy) is 1. The van der Waals surface area contributed by atoms with Crippen LogP contribution in [0.1, 0.15) is 50.5 Å². The molecule has 8 nitrogen and oxygen atoms in total. The van der Waals surface area contributed by atoms with Crippen molar-refractivity contribution < 1.29 is 22.7 Å². The van der Waals surface area contributed by atoms with E-state index in [1.54, 1.807) is 12.1 Å². The van der Waals surface area contributed by atoms with Gasteiger partial charge in [-0.05, 0) is 29.0 Å². The molecule has 1 fully saturated rings. The van der Waals surface area contributed by atoms with Crippen LogP contribution in [0.3, 0.4) is 0 Å². The fraction of sp³-hybridized carbons (Fsp3) is 0.636. The van der Waals surface area contributed by atoms with Crippen molar-refractivity contribution in [3.05, 3.63) is 35.4 Å². The molecule has 2 rings (SSSR count). The Morgan fingerprint density at radius 1 is 1.10 bits per heavy atom. The Morgan fingerprint density at radius 2 is 1.68 bits per heavy atom. The number of carbonyl (C=O) groups is 2. The summed E-state index contributed by atoms with van der Waals surface area (Å²) in [5, 5.41) is 5.43. The van der Waals surface area contributed by atoms with Crippen LogP contribution in [-0.4, -0.2) is 69.2 Å². The Kier molecular flexibility index (Phi) is 8.62. The first-order valence-electron chi connectivity index (χ1n) is 10.7. The molecule has 9 heteroatoms. The van der Waals surface area contributed by atoms with Crippen LogP contribution in [0.15, 0.2) is 24.3 Å². The summed E-state index contributed by atoms with van der Waals surface area (Å²) in [5.74, 6) is -1.08. The van der Waals surface area contributed by atoms with Gasteiger partial charge in [-0.2, -0.15) is 4.31 Å². The summed E-state index contributed by atoms with van der Waals surface area (Å²) in [7, 11) is -3.46. The minimum absolute atomic E-state index is 0.0160. The quantitative estimate of drug-likeness (QED) is 0.621. The molecule has 2 amide bonds. The highest BCUT2D eigenvalue weighted by Gasteiger charge is 2.27. The van der Waals surface area contributed by atoms with E-state index in [4.69, 9.17) is 4.74 Å². The molecule has 1 aliphatic heterocycles. The van der Waals surface area contributed by atoms with Crippen LogP contribution >= 0.6 is 0 Å². The molecule has 1 saturated heterocycles. The van der Waals surface area contributed by atoms with Crippen LogP contribution in [0.2, 0.25) is 0 Å². The second-order valence-electron chi connectivity index (χ2n) is 9.14. The van der Waals surface area contributed by atoms with Crippen LogP contribution in [0.5, 0.6) is 0 Å². The SMILES string of the molecule is CC(C)C(NC(=O)c1ccc(C(C)(C)C)cc1)C(=O)NCCS(=O)(=O)N1CCOCC1. The fourth-order valence-electron chi connectivity index (χ4n) is 3.25. The molecule has 1 heterocycles. The smallest absolute Gasteiger partial charge is 0.251 e. The Labute approximate surface area is 185 Å². The zero-order valence-corrected chi connectivity index (χ0v) is 19.9. The highest BCUT2D eigenvalue weighted by Crippen LogP contribution is 2.22. The van der Waals surface area contributed by atoms with E-state index in [0.29, 0.717) is 31.9 Å². The molecule has 0 spiro atoms. The summed E-state index contributed by atoms with van der Waals surface area (Å²) in [5.41, 5.74) is 1.57. The van der Waals surface area contributed by atoms with Crippen molar-refractivity contribution in [3.8, 4) is 0 Å². The molecule has 0 aliphatic carbocycles. The second kappa shape index (κ2) is 10.6. The number of rotatable bonds is 8. The van der Waals surface area contributed by atoms with Gasteiger partial charge in [-0.3, -0.25) is 9.59 Å². The van der Waals surface area contributed by atoms with Crippen molar-refractivity contribution in [2.45, 2.75) is 46.1 Å². The monoisotopic (exact) mass is 453 g/mol. The molecule has 1 aliphatic rings. The number of carbonyl (C=O) groups excluding carboxylic acids is 2. The van der Waals surface area contributed by atoms with Gasteiger partial charge in [0.2, 0.25) is 15.9 Å². The summed E-state index contributed by atoms with van der Waals surface area (Å²) in [6, 6.07) is 6.56. The third-order valence-electron chi connectivity index (χ3n) is 5.27. The number of hydrogen-bond donors (Lipinski definition) is 2. The van der Waals surface area contributed by atoms with Gasteiger partial charge in [-0.25, -0.2) is 8.42 Å². The third-order valence-corrected chi connectivity index (χ3v) is 7.14. The van der Waals surface area contributed by atoms with Gasteiger partial charge in [0, 0.05) is 25.2 Å². The van der Waals surface area contributed by atoms with Crippen molar-refractivity contribution >= 4 is 21.8 Å². The molecule has 0 saturated carbocycles. The van der Waals surface area contributed by atoms with E-state index < -0.39 is 22.0 Å². The fourth-order valence-corrected chi connectivity index (χ4v) is 4.57. The van der Waals surface area contributed by atoms with Crippen molar-refractivity contribution in [1.82, 2.24) is 14.9 Å². The zero-order chi connectivity index (χ0) is 23.2. The van der Waals surface area contributed by atoms with Crippen LogP contribution < -0.4 is 10.6 Å². The van der Waals surface area contributed by atoms with Crippen LogP contribution in [0, 0.1) is 5.92 Å². The summed E-state index contributed by atoms with van der Waals surface area (Å²) < 4.78 is 31.3. The number of hydrogen-bond acceptors (Lipinski definition) is 5. The molecule has 1 aromatic carbocycles. The molecule has 0 radical (unpaired) electrons. The van der Waals surface area contributed by atoms with E-state index in [-0.39, 0.29) is 29.5 Å². The molecule has 0 bridgehead atoms. The van der Waals surface area contributed by atoms with Crippen molar-refractivity contribution in [1.29, 1.82) is 0 Å². The average molecular weight is 454 g/mol. The largest absolute Gasteiger partial charge is 0.379 e. The van der Waals surface area contributed by atoms with Crippen molar-refractivity contribution in [3.63, 3.8) is 0 Å². The number of amides is 2. The Hall–Kier alpha value is -1.97. The van der Waals surface area contributed by atoms with Crippen LogP contribution in [0.25, 0.3) is 0 Å². The molecule has 174 valence electrons. The van der Waals surface area contributed by atoms with Gasteiger partial charge in [0.25, 0.3) is 5.91 Å². The van der Waals surface area contributed by atoms with Crippen molar-refractivity contribution in [2.75, 3.05) is 38.6 Å². The summed E-state index contributed by atoms with van der Waals surface area (Å²) in [6.45, 7) is 11.4. The van der Waals surface area contributed by atoms with Gasteiger partial charge >= 0.3 is 0 Å². The standard InChI is InChI=1S/C22H35N3O5S/c1-16(2)19(24-20(26)17-6-8-18(9-7-17)22(3,4)5)21(27)23-10-15-31(28,29)25-11-13-30-14-12-25/h6-9,16,19H,10-15H2,1-5H3,(H,23,27)(H,24,26). The second-order valence-corrected chi connectivity index (χ2v) is 11.2. The predicted molar refractivity (Wildman–Crippen MR) is 120 cm³/mol. The molecule has 0 aromatic heterocycles. The van der Waals surface area contributed by atoms with Gasteiger partial charge in [-0.1, -0.05) is 46.8 Å². The molecular formula is C22H35N3O5S. The zero-order valence-electron chi connectivity index (χ0n) is 19.1. The third kappa shape index (κ3) is 7.29. The number of sulfonamides is 1. The van der Waals surface area contributed by atoms with Crippen LogP contribution in [0.4, 0.5) is 0 Å². The van der Waals surface area contributed by atoms with E-state index >= 15 is 0 Å². The normalized spacial score (nSPS) is 16.7. The topological polar surface area (TPSA) is 105 Å². The molecule has 1 unspecified atom stereocenters. The molecule has 2 N–H and O–H groups in total. The van der Waals surface area contributed by atoms with Crippen molar-refractivity contribution in [2.24, 2.45) is 5.92 Å². The highest BCUT2D eigenvalue weighted by molar-refractivity contribution is 7.89. The van der Waals surface area contributed by atoms with E-state index in [9.17, 15) is 18.0 Å². The van der Waals surface area contributed by atoms with E-state index in [1.165, 1.54) is 4.31 Å². The number of benzene rings is 1. The summed E-state index contributed by atoms with van der Waals surface area (Å²) in [6.07, 6.45) is 0. The number of nitrogens with one attached hydrogen (secondary N) is 2. The molecule has 1 aromatic rings. The lowest BCUT2D eigenvalue weighted by Crippen LogP contribution is -2.51. The van der Waals surface area contributed by atoms with E-state index in [2.05, 4.69) is 31.4 Å². The minimum atomic E-state index is -3.46. The summed E-state index contributed by atoms with van der Waals surface area (Å²) >= 11 is 0. The Balaban J connectivity index is 1.93. The molecule has 31 heavy (non-hydrogen) atoms. The highest BCUT2D eigenvalue weighted by atomic mass is 32.2. The van der Waals surface area contributed by atoms with Gasteiger partial charge in [-0.15, -0.1) is 0 Å². The maximum atomic E-state index is 12.7. The first-order valence-corrected chi connectivity index (χ1v) is 12.3. The van der Waals surface area contributed by atoms with Gasteiger partial charge in [0.1, 0.15) is 6.04 Å².